The second-order valence-corrected chi connectivity index (χ2v) is 4.48. The molecule has 0 atom stereocenters. The van der Waals surface area contributed by atoms with Crippen LogP contribution in [0.25, 0.3) is 0 Å². The first-order chi connectivity index (χ1) is 7.78. The van der Waals surface area contributed by atoms with E-state index >= 15 is 0 Å². The fourth-order valence-electron chi connectivity index (χ4n) is 1.07. The van der Waals surface area contributed by atoms with Crippen LogP contribution in [0.5, 0.6) is 0 Å². The van der Waals surface area contributed by atoms with Crippen molar-refractivity contribution in [1.82, 2.24) is 0 Å². The highest BCUT2D eigenvalue weighted by atomic mass is 16.7. The van der Waals surface area contributed by atoms with Gasteiger partial charge in [0.2, 0.25) is 0 Å². The lowest BCUT2D eigenvalue weighted by molar-refractivity contribution is -0.00154. The van der Waals surface area contributed by atoms with Gasteiger partial charge in [0, 0.05) is 5.69 Å². The zero-order chi connectivity index (χ0) is 13.1. The number of nitrogens with two attached hydrogens (primary N) is 1. The number of ether oxygens (including phenoxy) is 2. The zero-order valence-electron chi connectivity index (χ0n) is 10.0. The number of nitrogen functional groups attached to an aromatic ring is 1. The van der Waals surface area contributed by atoms with Crippen LogP contribution in [-0.2, 0) is 9.47 Å². The molecule has 0 amide bonds. The lowest BCUT2D eigenvalue weighted by atomic mass is 10.2. The van der Waals surface area contributed by atoms with Crippen molar-refractivity contribution in [3.05, 3.63) is 29.8 Å². The Morgan fingerprint density at radius 2 is 1.88 bits per heavy atom. The van der Waals surface area contributed by atoms with Gasteiger partial charge in [0.05, 0.1) is 5.56 Å². The number of hydrogen-bond donors (Lipinski definition) is 1. The second-order valence-electron chi connectivity index (χ2n) is 4.48. The second kappa shape index (κ2) is 4.86. The van der Waals surface area contributed by atoms with Crippen molar-refractivity contribution in [2.45, 2.75) is 26.4 Å². The number of anilines is 1. The number of rotatable bonds is 1. The van der Waals surface area contributed by atoms with Crippen molar-refractivity contribution in [1.29, 1.82) is 0 Å². The molecule has 0 radical (unpaired) electrons. The first kappa shape index (κ1) is 13.0. The summed E-state index contributed by atoms with van der Waals surface area (Å²) in [4.78, 5) is 22.7. The number of carbonyl (C=O) groups is 2. The molecule has 0 aromatic heterocycles. The summed E-state index contributed by atoms with van der Waals surface area (Å²) in [5, 5.41) is 0. The smallest absolute Gasteiger partial charge is 0.428 e. The van der Waals surface area contributed by atoms with E-state index in [9.17, 15) is 9.59 Å². The summed E-state index contributed by atoms with van der Waals surface area (Å²) in [6.07, 6.45) is -1.02. The third-order valence-corrected chi connectivity index (χ3v) is 1.69. The van der Waals surface area contributed by atoms with E-state index in [0.717, 1.165) is 0 Å². The maximum Gasteiger partial charge on any atom is 0.516 e. The van der Waals surface area contributed by atoms with Gasteiger partial charge in [-0.05, 0) is 39.0 Å². The molecule has 5 heteroatoms. The van der Waals surface area contributed by atoms with Crippen LogP contribution >= 0.6 is 0 Å². The standard InChI is InChI=1S/C12H15NO4/c1-12(2,3)17-11(15)16-10(14)8-5-4-6-9(13)7-8/h4-7H,13H2,1-3H3. The highest BCUT2D eigenvalue weighted by molar-refractivity contribution is 5.95. The largest absolute Gasteiger partial charge is 0.516 e. The third kappa shape index (κ3) is 4.55. The van der Waals surface area contributed by atoms with Crippen molar-refractivity contribution < 1.29 is 19.1 Å². The van der Waals surface area contributed by atoms with Gasteiger partial charge >= 0.3 is 12.1 Å². The van der Waals surface area contributed by atoms with Crippen LogP contribution in [-0.4, -0.2) is 17.7 Å². The van der Waals surface area contributed by atoms with E-state index in [1.54, 1.807) is 32.9 Å². The molecule has 0 heterocycles. The maximum atomic E-state index is 11.5. The quantitative estimate of drug-likeness (QED) is 0.461. The number of benzene rings is 1. The summed E-state index contributed by atoms with van der Waals surface area (Å²) in [6, 6.07) is 6.15. The van der Waals surface area contributed by atoms with Crippen LogP contribution in [0.4, 0.5) is 10.5 Å². The van der Waals surface area contributed by atoms with Gasteiger partial charge in [-0.1, -0.05) is 6.07 Å². The lowest BCUT2D eigenvalue weighted by Crippen LogP contribution is -2.26. The Labute approximate surface area is 99.5 Å². The first-order valence-electron chi connectivity index (χ1n) is 5.08. The minimum Gasteiger partial charge on any atom is -0.428 e. The van der Waals surface area contributed by atoms with Crippen LogP contribution in [0.15, 0.2) is 24.3 Å². The molecule has 17 heavy (non-hydrogen) atoms. The Balaban J connectivity index is 2.64. The average molecular weight is 237 g/mol. The predicted octanol–water partition coefficient (Wildman–Crippen LogP) is 2.36. The monoisotopic (exact) mass is 237 g/mol. The predicted molar refractivity (Wildman–Crippen MR) is 62.5 cm³/mol. The van der Waals surface area contributed by atoms with Crippen molar-refractivity contribution in [2.24, 2.45) is 0 Å². The van der Waals surface area contributed by atoms with Gasteiger partial charge in [-0.2, -0.15) is 0 Å². The van der Waals surface area contributed by atoms with Gasteiger partial charge in [0.15, 0.2) is 0 Å². The molecule has 2 N–H and O–H groups in total. The first-order valence-corrected chi connectivity index (χ1v) is 5.08. The van der Waals surface area contributed by atoms with Crippen molar-refractivity contribution >= 4 is 17.8 Å². The van der Waals surface area contributed by atoms with E-state index in [2.05, 4.69) is 4.74 Å². The number of hydrogen-bond acceptors (Lipinski definition) is 5. The maximum absolute atomic E-state index is 11.5. The fourth-order valence-corrected chi connectivity index (χ4v) is 1.07. The number of carbonyl (C=O) groups excluding carboxylic acids is 2. The molecule has 0 fully saturated rings. The molecule has 0 aliphatic carbocycles. The van der Waals surface area contributed by atoms with Crippen LogP contribution in [0.3, 0.4) is 0 Å². The van der Waals surface area contributed by atoms with E-state index < -0.39 is 17.7 Å². The molecule has 1 aromatic rings. The molecule has 0 spiro atoms. The summed E-state index contributed by atoms with van der Waals surface area (Å²) >= 11 is 0. The molecule has 0 unspecified atom stereocenters. The van der Waals surface area contributed by atoms with Gasteiger partial charge in [-0.25, -0.2) is 9.59 Å². The Hall–Kier alpha value is -2.04. The lowest BCUT2D eigenvalue weighted by Gasteiger charge is -2.18. The molecule has 0 saturated carbocycles. The van der Waals surface area contributed by atoms with E-state index in [0.29, 0.717) is 5.69 Å². The molecule has 0 bridgehead atoms. The Bertz CT molecular complexity index is 434. The summed E-state index contributed by atoms with van der Waals surface area (Å²) in [7, 11) is 0. The highest BCUT2D eigenvalue weighted by Crippen LogP contribution is 2.11. The molecule has 1 rings (SSSR count). The molecule has 0 saturated heterocycles. The van der Waals surface area contributed by atoms with Crippen molar-refractivity contribution in [3.63, 3.8) is 0 Å². The highest BCUT2D eigenvalue weighted by Gasteiger charge is 2.21. The SMILES string of the molecule is CC(C)(C)OC(=O)OC(=O)c1cccc(N)c1. The molecule has 1 aromatic carbocycles. The van der Waals surface area contributed by atoms with Crippen LogP contribution in [0.2, 0.25) is 0 Å². The molecule has 0 aliphatic rings. The molecule has 5 nitrogen and oxygen atoms in total. The van der Waals surface area contributed by atoms with Gasteiger partial charge < -0.3 is 15.2 Å². The van der Waals surface area contributed by atoms with E-state index in [-0.39, 0.29) is 5.56 Å². The topological polar surface area (TPSA) is 78.6 Å². The molecular weight excluding hydrogens is 222 g/mol. The Morgan fingerprint density at radius 1 is 1.24 bits per heavy atom. The number of esters is 1. The van der Waals surface area contributed by atoms with E-state index in [1.165, 1.54) is 12.1 Å². The minimum atomic E-state index is -1.02. The van der Waals surface area contributed by atoms with E-state index in [1.807, 2.05) is 0 Å². The third-order valence-electron chi connectivity index (χ3n) is 1.69. The van der Waals surface area contributed by atoms with Crippen LogP contribution in [0.1, 0.15) is 31.1 Å². The van der Waals surface area contributed by atoms with Crippen LogP contribution < -0.4 is 5.73 Å². The summed E-state index contributed by atoms with van der Waals surface area (Å²) in [6.45, 7) is 5.04. The molecule has 92 valence electrons. The van der Waals surface area contributed by atoms with Gasteiger partial charge in [0.1, 0.15) is 5.60 Å². The summed E-state index contributed by atoms with van der Waals surface area (Å²) in [5.41, 5.74) is 5.43. The van der Waals surface area contributed by atoms with E-state index in [4.69, 9.17) is 10.5 Å². The van der Waals surface area contributed by atoms with Crippen molar-refractivity contribution in [3.8, 4) is 0 Å². The normalized spacial score (nSPS) is 10.8. The van der Waals surface area contributed by atoms with Gasteiger partial charge in [-0.15, -0.1) is 0 Å². The minimum absolute atomic E-state index is 0.204. The molecule has 0 aliphatic heterocycles. The van der Waals surface area contributed by atoms with Crippen LogP contribution in [0, 0.1) is 0 Å². The summed E-state index contributed by atoms with van der Waals surface area (Å²) < 4.78 is 9.36. The Kier molecular flexibility index (Phi) is 3.73. The summed E-state index contributed by atoms with van der Waals surface area (Å²) in [5.74, 6) is -0.786. The van der Waals surface area contributed by atoms with Gasteiger partial charge in [-0.3, -0.25) is 0 Å². The van der Waals surface area contributed by atoms with Gasteiger partial charge in [0.25, 0.3) is 0 Å². The average Bonchev–Trinajstić information content (AvgIpc) is 2.14. The zero-order valence-corrected chi connectivity index (χ0v) is 10.0. The molecular formula is C12H15NO4. The Morgan fingerprint density at radius 3 is 2.41 bits per heavy atom. The fraction of sp³-hybridized carbons (Fsp3) is 0.333. The van der Waals surface area contributed by atoms with Crippen molar-refractivity contribution in [2.75, 3.05) is 5.73 Å².